The van der Waals surface area contributed by atoms with Gasteiger partial charge in [0, 0.05) is 18.9 Å². The summed E-state index contributed by atoms with van der Waals surface area (Å²) in [6.07, 6.45) is -2.18. The number of nitrogens with zero attached hydrogens (tertiary/aromatic N) is 1. The van der Waals surface area contributed by atoms with Gasteiger partial charge in [0.1, 0.15) is 24.6 Å². The van der Waals surface area contributed by atoms with E-state index in [9.17, 15) is 34.8 Å². The molecule has 240 valence electrons. The predicted molar refractivity (Wildman–Crippen MR) is 151 cm³/mol. The molecule has 44 heavy (non-hydrogen) atoms. The van der Waals surface area contributed by atoms with E-state index in [-0.39, 0.29) is 42.1 Å². The first-order valence-corrected chi connectivity index (χ1v) is 15.3. The van der Waals surface area contributed by atoms with Crippen molar-refractivity contribution in [2.24, 2.45) is 5.92 Å². The Morgan fingerprint density at radius 3 is 2.50 bits per heavy atom. The molecule has 0 spiro atoms. The summed E-state index contributed by atoms with van der Waals surface area (Å²) in [5.74, 6) is -2.18. The molecule has 0 unspecified atom stereocenters. The molecule has 0 radical (unpaired) electrons. The average Bonchev–Trinajstić information content (AvgIpc) is 3.76. The maximum atomic E-state index is 12.7. The van der Waals surface area contributed by atoms with Gasteiger partial charge in [0.15, 0.2) is 11.8 Å². The highest BCUT2D eigenvalue weighted by Gasteiger charge is 2.52. The third-order valence-electron chi connectivity index (χ3n) is 8.76. The summed E-state index contributed by atoms with van der Waals surface area (Å²) in [5, 5.41) is 42.1. The average molecular weight is 617 g/mol. The fourth-order valence-electron chi connectivity index (χ4n) is 6.42. The molecule has 5 N–H and O–H groups in total. The number of aliphatic hydroxyl groups excluding tert-OH is 3. The number of aromatic nitrogens is 1. The largest absolute Gasteiger partial charge is 0.479 e. The molecule has 0 saturated carbocycles. The first-order valence-electron chi connectivity index (χ1n) is 15.3. The fourth-order valence-corrected chi connectivity index (χ4v) is 6.42. The number of hydrogen-bond acceptors (Lipinski definition) is 11. The minimum Gasteiger partial charge on any atom is -0.479 e. The lowest BCUT2D eigenvalue weighted by molar-refractivity contribution is -0.286. The van der Waals surface area contributed by atoms with Crippen molar-refractivity contribution in [2.45, 2.75) is 107 Å². The maximum absolute atomic E-state index is 12.7. The third-order valence-corrected chi connectivity index (χ3v) is 8.76. The molecule has 3 fully saturated rings. The van der Waals surface area contributed by atoms with Crippen LogP contribution in [-0.2, 0) is 36.6 Å². The lowest BCUT2D eigenvalue weighted by Gasteiger charge is -2.37. The summed E-state index contributed by atoms with van der Waals surface area (Å²) in [6, 6.07) is 7.67. The molecule has 1 aromatic carbocycles. The van der Waals surface area contributed by atoms with Crippen LogP contribution in [-0.4, -0.2) is 92.7 Å². The molecule has 2 bridgehead atoms. The molecule has 1 amide bonds. The van der Waals surface area contributed by atoms with Gasteiger partial charge in [-0.05, 0) is 43.2 Å². The van der Waals surface area contributed by atoms with Gasteiger partial charge >= 0.3 is 11.9 Å². The summed E-state index contributed by atoms with van der Waals surface area (Å²) in [4.78, 5) is 41.1. The van der Waals surface area contributed by atoms with E-state index in [0.29, 0.717) is 25.3 Å². The smallest absolute Gasteiger partial charge is 0.335 e. The summed E-state index contributed by atoms with van der Waals surface area (Å²) in [7, 11) is 0. The van der Waals surface area contributed by atoms with Crippen LogP contribution in [0.15, 0.2) is 34.9 Å². The number of oxazole rings is 1. The van der Waals surface area contributed by atoms with Gasteiger partial charge in [-0.1, -0.05) is 44.0 Å². The summed E-state index contributed by atoms with van der Waals surface area (Å²) >= 11 is 0. The Morgan fingerprint density at radius 2 is 1.75 bits per heavy atom. The van der Waals surface area contributed by atoms with Crippen LogP contribution >= 0.6 is 0 Å². The Labute approximate surface area is 254 Å². The number of aliphatic hydroxyl groups is 3. The lowest BCUT2D eigenvalue weighted by Crippen LogP contribution is -2.60. The predicted octanol–water partition coefficient (Wildman–Crippen LogP) is 1.47. The second-order valence-electron chi connectivity index (χ2n) is 11.7. The number of carbonyl (C=O) groups excluding carboxylic acids is 2. The van der Waals surface area contributed by atoms with Crippen molar-refractivity contribution in [1.82, 2.24) is 10.3 Å². The minimum absolute atomic E-state index is 0.00939. The molecule has 3 aliphatic heterocycles. The van der Waals surface area contributed by atoms with Gasteiger partial charge in [0.2, 0.25) is 12.2 Å². The zero-order valence-corrected chi connectivity index (χ0v) is 24.5. The molecule has 3 aliphatic rings. The number of ether oxygens (including phenoxy) is 3. The molecular weight excluding hydrogens is 576 g/mol. The lowest BCUT2D eigenvalue weighted by atomic mass is 9.75. The number of carbonyl (C=O) groups is 3. The van der Waals surface area contributed by atoms with Crippen molar-refractivity contribution in [3.63, 3.8) is 0 Å². The van der Waals surface area contributed by atoms with E-state index < -0.39 is 42.6 Å². The molecule has 13 heteroatoms. The van der Waals surface area contributed by atoms with Crippen molar-refractivity contribution in [3.05, 3.63) is 53.2 Å². The number of benzene rings is 1. The van der Waals surface area contributed by atoms with E-state index in [1.807, 2.05) is 24.3 Å². The second-order valence-corrected chi connectivity index (χ2v) is 11.7. The Hall–Kier alpha value is -3.36. The van der Waals surface area contributed by atoms with E-state index in [1.165, 1.54) is 6.26 Å². The van der Waals surface area contributed by atoms with Crippen LogP contribution in [0.2, 0.25) is 0 Å². The van der Waals surface area contributed by atoms with Crippen molar-refractivity contribution in [3.8, 4) is 0 Å². The Bertz CT molecular complexity index is 1320. The second kappa shape index (κ2) is 14.2. The van der Waals surface area contributed by atoms with Crippen molar-refractivity contribution >= 4 is 17.8 Å². The molecule has 13 nitrogen and oxygen atoms in total. The number of rotatable bonds is 13. The van der Waals surface area contributed by atoms with E-state index in [0.717, 1.165) is 43.2 Å². The van der Waals surface area contributed by atoms with E-state index in [2.05, 4.69) is 17.2 Å². The van der Waals surface area contributed by atoms with E-state index in [1.54, 1.807) is 0 Å². The molecule has 1 aromatic heterocycles. The molecule has 2 aromatic rings. The van der Waals surface area contributed by atoms with Gasteiger partial charge in [0.25, 0.3) is 5.91 Å². The van der Waals surface area contributed by atoms with Crippen LogP contribution < -0.4 is 5.32 Å². The summed E-state index contributed by atoms with van der Waals surface area (Å²) in [5.41, 5.74) is 2.15. The maximum Gasteiger partial charge on any atom is 0.335 e. The highest BCUT2D eigenvalue weighted by Crippen LogP contribution is 2.50. The van der Waals surface area contributed by atoms with Gasteiger partial charge in [-0.2, -0.15) is 0 Å². The fraction of sp³-hybridized carbons (Fsp3) is 0.613. The van der Waals surface area contributed by atoms with E-state index >= 15 is 0 Å². The number of carboxylic acid groups (broad SMARTS) is 1. The SMILES string of the molecule is CCCCCNC(=O)c1coc([C@H]2[C@@H](Cc3ccccc3CCC(=O)O[C@@H]3O[C@H](C(=O)O)[C@@H](O)[C@H](O)[C@H]3O)[C@H]3CC[C@@H]2O3)n1. The topological polar surface area (TPSA) is 198 Å². The van der Waals surface area contributed by atoms with Crippen LogP contribution in [0.25, 0.3) is 0 Å². The Kier molecular flexibility index (Phi) is 10.3. The van der Waals surface area contributed by atoms with Gasteiger partial charge < -0.3 is 44.4 Å². The zero-order valence-electron chi connectivity index (χ0n) is 24.5. The molecule has 3 saturated heterocycles. The minimum atomic E-state index is -1.88. The monoisotopic (exact) mass is 616 g/mol. The summed E-state index contributed by atoms with van der Waals surface area (Å²) in [6.45, 7) is 2.69. The van der Waals surface area contributed by atoms with Crippen LogP contribution in [0.1, 0.15) is 78.9 Å². The molecule has 0 aliphatic carbocycles. The Morgan fingerprint density at radius 1 is 1.00 bits per heavy atom. The van der Waals surface area contributed by atoms with Gasteiger partial charge in [-0.15, -0.1) is 0 Å². The van der Waals surface area contributed by atoms with Crippen LogP contribution in [0.5, 0.6) is 0 Å². The highest BCUT2D eigenvalue weighted by atomic mass is 16.7. The van der Waals surface area contributed by atoms with Crippen molar-refractivity contribution in [2.75, 3.05) is 6.54 Å². The van der Waals surface area contributed by atoms with Crippen molar-refractivity contribution in [1.29, 1.82) is 0 Å². The van der Waals surface area contributed by atoms with Crippen LogP contribution in [0, 0.1) is 5.92 Å². The van der Waals surface area contributed by atoms with Crippen molar-refractivity contribution < 1.29 is 53.4 Å². The number of hydrogen-bond donors (Lipinski definition) is 5. The quantitative estimate of drug-likeness (QED) is 0.161. The van der Waals surface area contributed by atoms with Crippen LogP contribution in [0.4, 0.5) is 0 Å². The Balaban J connectivity index is 1.22. The molecule has 9 atom stereocenters. The van der Waals surface area contributed by atoms with Crippen LogP contribution in [0.3, 0.4) is 0 Å². The standard InChI is InChI=1S/C31H40N2O11/c1-2-3-6-13-32-28(38)19-15-41-29(33-19)23-18(20-10-11-21(23)42-20)14-17-8-5-4-7-16(17)9-12-22(34)43-31-26(37)24(35)25(36)27(44-31)30(39)40/h4-5,7-8,15,18,20-21,23-27,31,35-37H,2-3,6,9-14H2,1H3,(H,32,38)(H,39,40)/t18-,20+,21-,23-,24-,25-,26+,27-,31+/m0/s1. The molecule has 4 heterocycles. The first-order chi connectivity index (χ1) is 21.2. The number of esters is 1. The first kappa shape index (κ1) is 32.0. The van der Waals surface area contributed by atoms with Gasteiger partial charge in [0.05, 0.1) is 18.1 Å². The highest BCUT2D eigenvalue weighted by molar-refractivity contribution is 5.91. The number of aliphatic carboxylic acids is 1. The number of fused-ring (bicyclic) bond motifs is 2. The summed E-state index contributed by atoms with van der Waals surface area (Å²) < 4.78 is 22.3. The number of amides is 1. The number of nitrogens with one attached hydrogen (secondary N) is 1. The number of carboxylic acids is 1. The molecular formula is C31H40N2O11. The number of unbranched alkanes of at least 4 members (excludes halogenated alkanes) is 2. The normalized spacial score (nSPS) is 31.1. The van der Waals surface area contributed by atoms with E-state index in [4.69, 9.17) is 18.6 Å². The third kappa shape index (κ3) is 6.97. The zero-order chi connectivity index (χ0) is 31.4. The van der Waals surface area contributed by atoms with Gasteiger partial charge in [-0.3, -0.25) is 9.59 Å². The number of aryl methyl sites for hydroxylation is 1. The van der Waals surface area contributed by atoms with Gasteiger partial charge in [-0.25, -0.2) is 9.78 Å². The molecule has 5 rings (SSSR count).